The van der Waals surface area contributed by atoms with Gasteiger partial charge in [0.15, 0.2) is 0 Å². The fourth-order valence-electron chi connectivity index (χ4n) is 5.90. The Labute approximate surface area is 190 Å². The monoisotopic (exact) mass is 428 g/mol. The van der Waals surface area contributed by atoms with E-state index in [-0.39, 0.29) is 11.3 Å². The number of Topliss-reactive ketones (excluding diaryl/α,β-unsaturated/α-hetero) is 1. The van der Waals surface area contributed by atoms with Gasteiger partial charge >= 0.3 is 0 Å². The summed E-state index contributed by atoms with van der Waals surface area (Å²) in [6.45, 7) is 5.72. The zero-order valence-electron chi connectivity index (χ0n) is 19.1. The number of para-hydroxylation sites is 1. The van der Waals surface area contributed by atoms with Crippen LogP contribution in [-0.4, -0.2) is 21.9 Å². The van der Waals surface area contributed by atoms with Gasteiger partial charge in [0.2, 0.25) is 0 Å². The number of carbonyl (C=O) groups excluding carboxylic acids is 1. The molecule has 5 rings (SSSR count). The summed E-state index contributed by atoms with van der Waals surface area (Å²) in [5.41, 5.74) is 4.88. The predicted octanol–water partition coefficient (Wildman–Crippen LogP) is 5.45. The molecule has 2 aromatic carbocycles. The number of hydrogen-bond acceptors (Lipinski definition) is 3. The first-order valence-corrected chi connectivity index (χ1v) is 11.9. The molecule has 4 heteroatoms. The quantitative estimate of drug-likeness (QED) is 0.490. The van der Waals surface area contributed by atoms with Crippen molar-refractivity contribution in [3.05, 3.63) is 83.4 Å². The number of hydrogen-bond donors (Lipinski definition) is 0. The lowest BCUT2D eigenvalue weighted by molar-refractivity contribution is -0.128. The third-order valence-corrected chi connectivity index (χ3v) is 7.69. The Morgan fingerprint density at radius 2 is 1.78 bits per heavy atom. The van der Waals surface area contributed by atoms with E-state index in [2.05, 4.69) is 60.9 Å². The lowest BCUT2D eigenvalue weighted by atomic mass is 9.57. The van der Waals surface area contributed by atoms with E-state index in [0.29, 0.717) is 31.3 Å². The second-order valence-corrected chi connectivity index (χ2v) is 9.60. The van der Waals surface area contributed by atoms with Crippen molar-refractivity contribution in [2.24, 2.45) is 11.8 Å². The number of carbonyl (C=O) groups is 1. The van der Waals surface area contributed by atoms with E-state index < -0.39 is 0 Å². The third kappa shape index (κ3) is 3.71. The molecule has 1 fully saturated rings. The molecule has 32 heavy (non-hydrogen) atoms. The summed E-state index contributed by atoms with van der Waals surface area (Å²) in [5, 5.41) is 0. The van der Waals surface area contributed by atoms with Gasteiger partial charge in [-0.05, 0) is 42.9 Å². The molecule has 2 aliphatic carbocycles. The summed E-state index contributed by atoms with van der Waals surface area (Å²) < 4.78 is 8.38. The van der Waals surface area contributed by atoms with Crippen molar-refractivity contribution in [1.29, 1.82) is 0 Å². The molecule has 0 aliphatic heterocycles. The van der Waals surface area contributed by atoms with Gasteiger partial charge in [-0.15, -0.1) is 0 Å². The average molecular weight is 429 g/mol. The number of fused-ring (bicyclic) bond motifs is 3. The summed E-state index contributed by atoms with van der Waals surface area (Å²) in [5.74, 6) is 2.01. The van der Waals surface area contributed by atoms with Gasteiger partial charge in [-0.3, -0.25) is 4.79 Å². The number of rotatable bonds is 6. The van der Waals surface area contributed by atoms with Crippen molar-refractivity contribution < 1.29 is 9.53 Å². The van der Waals surface area contributed by atoms with Gasteiger partial charge in [0.25, 0.3) is 0 Å². The number of imidazole rings is 1. The van der Waals surface area contributed by atoms with Gasteiger partial charge in [0.05, 0.1) is 18.9 Å². The molecule has 0 N–H and O–H groups in total. The standard InChI is InChI=1S/C28H32N2O2/c1-20-23-13-14-24-27(28(23,2)17-15-25(20)31)29-26(30(24)22-11-7-4-8-12-22)16-18-32-19-21-9-5-3-6-10-21/h3-12,20,23H,13-19H2,1-2H3/t20-,23-,28-/m0/s1. The highest BCUT2D eigenvalue weighted by Gasteiger charge is 2.50. The minimum atomic E-state index is -0.0272. The fourth-order valence-corrected chi connectivity index (χ4v) is 5.90. The average Bonchev–Trinajstić information content (AvgIpc) is 3.20. The maximum atomic E-state index is 12.4. The van der Waals surface area contributed by atoms with E-state index >= 15 is 0 Å². The van der Waals surface area contributed by atoms with Crippen molar-refractivity contribution in [1.82, 2.24) is 9.55 Å². The topological polar surface area (TPSA) is 44.1 Å². The molecular formula is C28H32N2O2. The van der Waals surface area contributed by atoms with Crippen molar-refractivity contribution in [2.45, 2.75) is 58.0 Å². The fraction of sp³-hybridized carbons (Fsp3) is 0.429. The van der Waals surface area contributed by atoms with Crippen LogP contribution in [0.5, 0.6) is 0 Å². The molecule has 0 saturated heterocycles. The van der Waals surface area contributed by atoms with Gasteiger partial charge in [-0.2, -0.15) is 0 Å². The Balaban J connectivity index is 1.45. The highest BCUT2D eigenvalue weighted by molar-refractivity contribution is 5.82. The zero-order valence-corrected chi connectivity index (χ0v) is 19.1. The van der Waals surface area contributed by atoms with E-state index in [9.17, 15) is 4.79 Å². The van der Waals surface area contributed by atoms with Gasteiger partial charge in [-0.1, -0.05) is 62.4 Å². The van der Waals surface area contributed by atoms with Crippen LogP contribution < -0.4 is 0 Å². The molecule has 1 saturated carbocycles. The van der Waals surface area contributed by atoms with Crippen molar-refractivity contribution in [2.75, 3.05) is 6.61 Å². The van der Waals surface area contributed by atoms with Crippen LogP contribution in [0.3, 0.4) is 0 Å². The Morgan fingerprint density at radius 1 is 1.06 bits per heavy atom. The zero-order chi connectivity index (χ0) is 22.1. The smallest absolute Gasteiger partial charge is 0.136 e. The van der Waals surface area contributed by atoms with E-state index in [1.165, 1.54) is 22.6 Å². The van der Waals surface area contributed by atoms with Crippen LogP contribution in [0, 0.1) is 11.8 Å². The maximum Gasteiger partial charge on any atom is 0.136 e. The molecule has 0 spiro atoms. The highest BCUT2D eigenvalue weighted by Crippen LogP contribution is 2.51. The number of aromatic nitrogens is 2. The first-order valence-electron chi connectivity index (χ1n) is 11.9. The Bertz CT molecular complexity index is 1090. The SMILES string of the molecule is C[C@@H]1C(=O)CC[C@]2(C)c3nc(CCOCc4ccccc4)n(-c4ccccc4)c3CC[C@@H]12. The minimum Gasteiger partial charge on any atom is -0.376 e. The van der Waals surface area contributed by atoms with Crippen LogP contribution in [0.25, 0.3) is 5.69 Å². The molecular weight excluding hydrogens is 396 g/mol. The largest absolute Gasteiger partial charge is 0.376 e. The second-order valence-electron chi connectivity index (χ2n) is 9.60. The molecule has 0 amide bonds. The van der Waals surface area contributed by atoms with Gasteiger partial charge < -0.3 is 9.30 Å². The Kier molecular flexibility index (Phi) is 5.73. The third-order valence-electron chi connectivity index (χ3n) is 7.69. The maximum absolute atomic E-state index is 12.4. The molecule has 2 aliphatic rings. The molecule has 0 bridgehead atoms. The summed E-state index contributed by atoms with van der Waals surface area (Å²) in [6, 6.07) is 20.9. The van der Waals surface area contributed by atoms with Crippen LogP contribution in [0.1, 0.15) is 55.9 Å². The Morgan fingerprint density at radius 3 is 2.53 bits per heavy atom. The molecule has 0 unspecified atom stereocenters. The molecule has 3 atom stereocenters. The predicted molar refractivity (Wildman–Crippen MR) is 126 cm³/mol. The van der Waals surface area contributed by atoms with Crippen LogP contribution in [-0.2, 0) is 34.4 Å². The van der Waals surface area contributed by atoms with Crippen molar-refractivity contribution >= 4 is 5.78 Å². The van der Waals surface area contributed by atoms with Gasteiger partial charge in [-0.25, -0.2) is 4.98 Å². The van der Waals surface area contributed by atoms with Crippen molar-refractivity contribution in [3.8, 4) is 5.69 Å². The van der Waals surface area contributed by atoms with E-state index in [0.717, 1.165) is 31.5 Å². The lowest BCUT2D eigenvalue weighted by Gasteiger charge is -2.46. The first kappa shape index (κ1) is 21.1. The summed E-state index contributed by atoms with van der Waals surface area (Å²) in [6.07, 6.45) is 4.37. The summed E-state index contributed by atoms with van der Waals surface area (Å²) >= 11 is 0. The van der Waals surface area contributed by atoms with Crippen LogP contribution in [0.15, 0.2) is 60.7 Å². The second kappa shape index (κ2) is 8.67. The summed E-state index contributed by atoms with van der Waals surface area (Å²) in [7, 11) is 0. The van der Waals surface area contributed by atoms with Crippen LogP contribution in [0.4, 0.5) is 0 Å². The minimum absolute atomic E-state index is 0.0272. The molecule has 3 aromatic rings. The lowest BCUT2D eigenvalue weighted by Crippen LogP contribution is -2.47. The first-order chi connectivity index (χ1) is 15.6. The number of ketones is 1. The normalized spacial score (nSPS) is 24.8. The number of benzene rings is 2. The molecule has 4 nitrogen and oxygen atoms in total. The van der Waals surface area contributed by atoms with Crippen LogP contribution in [0.2, 0.25) is 0 Å². The molecule has 1 heterocycles. The number of nitrogens with zero attached hydrogens (tertiary/aromatic N) is 2. The van der Waals surface area contributed by atoms with Gasteiger partial charge in [0, 0.05) is 35.6 Å². The van der Waals surface area contributed by atoms with Crippen molar-refractivity contribution in [3.63, 3.8) is 0 Å². The highest BCUT2D eigenvalue weighted by atomic mass is 16.5. The number of ether oxygens (including phenoxy) is 1. The molecule has 166 valence electrons. The van der Waals surface area contributed by atoms with Crippen LogP contribution >= 0.6 is 0 Å². The summed E-state index contributed by atoms with van der Waals surface area (Å²) in [4.78, 5) is 17.7. The Hall–Kier alpha value is -2.72. The van der Waals surface area contributed by atoms with E-state index in [1.807, 2.05) is 18.2 Å². The van der Waals surface area contributed by atoms with Gasteiger partial charge in [0.1, 0.15) is 11.6 Å². The molecule has 0 radical (unpaired) electrons. The van der Waals surface area contributed by atoms with E-state index in [1.54, 1.807) is 0 Å². The molecule has 1 aromatic heterocycles. The van der Waals surface area contributed by atoms with E-state index in [4.69, 9.17) is 9.72 Å².